The summed E-state index contributed by atoms with van der Waals surface area (Å²) in [6.07, 6.45) is 0.809. The molecule has 0 atom stereocenters. The van der Waals surface area contributed by atoms with E-state index in [-0.39, 0.29) is 0 Å². The smallest absolute Gasteiger partial charge is 0.114 e. The van der Waals surface area contributed by atoms with Crippen molar-refractivity contribution in [1.29, 1.82) is 0 Å². The molecule has 8 aromatic carbocycles. The average Bonchev–Trinajstić information content (AvgIpc) is 3.77. The predicted molar refractivity (Wildman–Crippen MR) is 219 cm³/mol. The highest BCUT2D eigenvalue weighted by Crippen LogP contribution is 2.51. The first kappa shape index (κ1) is 24.8. The lowest BCUT2D eigenvalue weighted by molar-refractivity contribution is 0.660. The molecule has 0 bridgehead atoms. The Labute approximate surface area is 313 Å². The Morgan fingerprint density at radius 1 is 0.519 bits per heavy atom. The molecule has 0 fully saturated rings. The second-order valence-corrected chi connectivity index (χ2v) is 13.7. The third kappa shape index (κ3) is 4.54. The van der Waals surface area contributed by atoms with Crippen molar-refractivity contribution in [2.24, 2.45) is 0 Å². The molecule has 10 rings (SSSR count). The second-order valence-electron chi connectivity index (χ2n) is 13.7. The molecule has 0 amide bonds. The molecule has 0 saturated carbocycles. The van der Waals surface area contributed by atoms with Crippen molar-refractivity contribution in [3.8, 4) is 50.2 Å². The first-order valence-corrected chi connectivity index (χ1v) is 17.9. The number of benzene rings is 8. The molecule has 0 radical (unpaired) electrons. The Morgan fingerprint density at radius 2 is 1.10 bits per heavy atom. The minimum absolute atomic E-state index is 0.313. The average molecular weight is 673 g/mol. The molecule has 1 heterocycles. The van der Waals surface area contributed by atoms with Crippen LogP contribution in [-0.4, -0.2) is 9.55 Å². The van der Waals surface area contributed by atoms with Gasteiger partial charge in [-0.05, 0) is 114 Å². The zero-order valence-electron chi connectivity index (χ0n) is 34.7. The van der Waals surface area contributed by atoms with E-state index in [0.717, 1.165) is 83.9 Å². The maximum atomic E-state index is 8.80. The van der Waals surface area contributed by atoms with E-state index in [0.29, 0.717) is 22.3 Å². The van der Waals surface area contributed by atoms with Crippen LogP contribution in [0.2, 0.25) is 0 Å². The first-order chi connectivity index (χ1) is 28.0. The molecule has 0 N–H and O–H groups in total. The van der Waals surface area contributed by atoms with Crippen LogP contribution in [-0.2, 0) is 11.8 Å². The number of para-hydroxylation sites is 2. The highest BCUT2D eigenvalue weighted by atomic mass is 15.1. The second kappa shape index (κ2) is 11.6. The van der Waals surface area contributed by atoms with E-state index < -0.39 is 19.1 Å². The molecule has 1 aliphatic carbocycles. The summed E-state index contributed by atoms with van der Waals surface area (Å²) in [5.74, 6) is 1.01. The lowest BCUT2D eigenvalue weighted by atomic mass is 9.80. The van der Waals surface area contributed by atoms with Gasteiger partial charge in [0.15, 0.2) is 0 Å². The van der Waals surface area contributed by atoms with Crippen LogP contribution < -0.4 is 0 Å². The van der Waals surface area contributed by atoms with Crippen molar-refractivity contribution in [2.45, 2.75) is 32.5 Å². The first-order valence-electron chi connectivity index (χ1n) is 20.9. The summed E-state index contributed by atoms with van der Waals surface area (Å²) in [4.78, 5) is 4.92. The Bertz CT molecular complexity index is 3030. The standard InChI is InChI=1S/C50H38N2/c1-4-47-51-45-25-11-12-26-46(45)52(47)36-18-14-16-33(30-36)32-15-13-17-34(29-32)48-39-20-5-7-22-41(39)49(42-23-8-6-21-40(42)48)35-27-28-38-37-19-9-10-24-43(37)50(2,3)44(38)31-35/h5-31H,4H2,1-3H3/i2D3,3D3. The van der Waals surface area contributed by atoms with Crippen LogP contribution in [0.1, 0.15) is 45.8 Å². The van der Waals surface area contributed by atoms with E-state index in [9.17, 15) is 0 Å². The minimum atomic E-state index is -2.85. The van der Waals surface area contributed by atoms with Gasteiger partial charge < -0.3 is 0 Å². The molecule has 2 nitrogen and oxygen atoms in total. The van der Waals surface area contributed by atoms with Gasteiger partial charge in [0.25, 0.3) is 0 Å². The highest BCUT2D eigenvalue weighted by Gasteiger charge is 2.35. The van der Waals surface area contributed by atoms with Crippen molar-refractivity contribution in [1.82, 2.24) is 9.55 Å². The minimum Gasteiger partial charge on any atom is -0.296 e. The van der Waals surface area contributed by atoms with E-state index in [1.807, 2.05) is 60.7 Å². The number of hydrogen-bond donors (Lipinski definition) is 0. The summed E-state index contributed by atoms with van der Waals surface area (Å²) < 4.78 is 55.1. The highest BCUT2D eigenvalue weighted by molar-refractivity contribution is 6.21. The van der Waals surface area contributed by atoms with E-state index >= 15 is 0 Å². The van der Waals surface area contributed by atoms with E-state index in [2.05, 4.69) is 102 Å². The topological polar surface area (TPSA) is 17.8 Å². The quantitative estimate of drug-likeness (QED) is 0.166. The Hall–Kier alpha value is -6.25. The molecule has 52 heavy (non-hydrogen) atoms. The number of nitrogens with zero attached hydrogens (tertiary/aromatic N) is 2. The monoisotopic (exact) mass is 672 g/mol. The molecule has 248 valence electrons. The van der Waals surface area contributed by atoms with Gasteiger partial charge in [-0.25, -0.2) is 4.98 Å². The SMILES string of the molecule is [2H]C([2H])([2H])C1(C([2H])([2H])[2H])c2ccccc2-c2ccc(-c3c4ccccc4c(-c4cccc(-c5cccc(-n6c(CC)nc7ccccc76)c5)c4)c4ccccc34)cc21. The third-order valence-corrected chi connectivity index (χ3v) is 10.8. The normalized spacial score (nSPS) is 15.3. The van der Waals surface area contributed by atoms with Crippen LogP contribution in [0, 0.1) is 0 Å². The number of aromatic nitrogens is 2. The van der Waals surface area contributed by atoms with Gasteiger partial charge in [0.2, 0.25) is 0 Å². The Kier molecular flexibility index (Phi) is 5.56. The van der Waals surface area contributed by atoms with Crippen LogP contribution in [0.3, 0.4) is 0 Å². The van der Waals surface area contributed by atoms with E-state index in [4.69, 9.17) is 13.2 Å². The predicted octanol–water partition coefficient (Wildman–Crippen LogP) is 13.2. The van der Waals surface area contributed by atoms with Gasteiger partial charge in [-0.3, -0.25) is 4.57 Å². The maximum Gasteiger partial charge on any atom is 0.114 e. The van der Waals surface area contributed by atoms with Crippen LogP contribution in [0.4, 0.5) is 0 Å². The van der Waals surface area contributed by atoms with E-state index in [1.165, 1.54) is 0 Å². The van der Waals surface area contributed by atoms with E-state index in [1.54, 1.807) is 12.1 Å². The Balaban J connectivity index is 1.17. The maximum absolute atomic E-state index is 8.80. The molecule has 2 heteroatoms. The van der Waals surface area contributed by atoms with Crippen molar-refractivity contribution in [3.63, 3.8) is 0 Å². The summed E-state index contributed by atoms with van der Waals surface area (Å²) in [5, 5.41) is 4.07. The summed E-state index contributed by atoms with van der Waals surface area (Å²) in [7, 11) is 0. The van der Waals surface area contributed by atoms with Crippen molar-refractivity contribution in [2.75, 3.05) is 0 Å². The number of aryl methyl sites for hydroxylation is 1. The van der Waals surface area contributed by atoms with Crippen molar-refractivity contribution in [3.05, 3.63) is 181 Å². The van der Waals surface area contributed by atoms with Gasteiger partial charge in [0, 0.05) is 25.7 Å². The molecule has 1 aliphatic rings. The van der Waals surface area contributed by atoms with Crippen molar-refractivity contribution >= 4 is 32.6 Å². The number of fused-ring (bicyclic) bond motifs is 6. The van der Waals surface area contributed by atoms with Crippen LogP contribution in [0.25, 0.3) is 82.8 Å². The summed E-state index contributed by atoms with van der Waals surface area (Å²) in [6, 6.07) is 55.0. The summed E-state index contributed by atoms with van der Waals surface area (Å²) in [5.41, 5.74) is 8.91. The number of hydrogen-bond acceptors (Lipinski definition) is 1. The zero-order chi connectivity index (χ0) is 40.0. The molecule has 1 aromatic heterocycles. The molecule has 0 saturated heterocycles. The summed E-state index contributed by atoms with van der Waals surface area (Å²) in [6.45, 7) is -3.56. The summed E-state index contributed by atoms with van der Waals surface area (Å²) >= 11 is 0. The number of imidazole rings is 1. The zero-order valence-corrected chi connectivity index (χ0v) is 28.7. The van der Waals surface area contributed by atoms with Crippen molar-refractivity contribution < 1.29 is 8.22 Å². The molecule has 0 spiro atoms. The fourth-order valence-electron chi connectivity index (χ4n) is 8.47. The lowest BCUT2D eigenvalue weighted by Crippen LogP contribution is -2.14. The molecule has 0 aliphatic heterocycles. The molecular weight excluding hydrogens is 629 g/mol. The number of rotatable bonds is 5. The Morgan fingerprint density at radius 3 is 1.81 bits per heavy atom. The fourth-order valence-corrected chi connectivity index (χ4v) is 8.47. The van der Waals surface area contributed by atoms with Gasteiger partial charge in [-0.1, -0.05) is 148 Å². The van der Waals surface area contributed by atoms with Crippen LogP contribution in [0.5, 0.6) is 0 Å². The van der Waals surface area contributed by atoms with Gasteiger partial charge >= 0.3 is 0 Å². The van der Waals surface area contributed by atoms with Crippen LogP contribution in [0.15, 0.2) is 164 Å². The molecular formula is C50H38N2. The van der Waals surface area contributed by atoms with Gasteiger partial charge in [0.05, 0.1) is 11.0 Å². The van der Waals surface area contributed by atoms with Crippen LogP contribution >= 0.6 is 0 Å². The molecule has 0 unspecified atom stereocenters. The van der Waals surface area contributed by atoms with Gasteiger partial charge in [0.1, 0.15) is 5.82 Å². The van der Waals surface area contributed by atoms with Gasteiger partial charge in [-0.2, -0.15) is 0 Å². The fraction of sp³-hybridized carbons (Fsp3) is 0.100. The largest absolute Gasteiger partial charge is 0.296 e. The molecule has 9 aromatic rings. The third-order valence-electron chi connectivity index (χ3n) is 10.8. The lowest BCUT2D eigenvalue weighted by Gasteiger charge is -2.23. The van der Waals surface area contributed by atoms with Gasteiger partial charge in [-0.15, -0.1) is 0 Å².